The molecule has 0 radical (unpaired) electrons. The summed E-state index contributed by atoms with van der Waals surface area (Å²) in [5, 5.41) is 3.30. The second-order valence-electron chi connectivity index (χ2n) is 6.45. The molecule has 4 rings (SSSR count). The number of fused-ring (bicyclic) bond motifs is 1. The van der Waals surface area contributed by atoms with E-state index in [9.17, 15) is 14.4 Å². The Hall–Kier alpha value is -3.44. The standard InChI is InChI=1S/C22H15ClN2O3/c1-13-7-9-15(23)12-19(13)24-20(26)14-8-10-17-18(11-14)22(28)25(21(17)27)16-5-3-2-4-6-16/h2-12H,1H3,(H,24,26). The Bertz CT molecular complexity index is 1130. The van der Waals surface area contributed by atoms with E-state index in [0.29, 0.717) is 16.4 Å². The van der Waals surface area contributed by atoms with Crippen LogP contribution in [0.4, 0.5) is 11.4 Å². The zero-order valence-electron chi connectivity index (χ0n) is 14.9. The molecule has 28 heavy (non-hydrogen) atoms. The summed E-state index contributed by atoms with van der Waals surface area (Å²) >= 11 is 5.99. The van der Waals surface area contributed by atoms with Crippen LogP contribution in [0.15, 0.2) is 66.7 Å². The summed E-state index contributed by atoms with van der Waals surface area (Å²) in [5.41, 5.74) is 2.73. The smallest absolute Gasteiger partial charge is 0.266 e. The van der Waals surface area contributed by atoms with Gasteiger partial charge in [0.2, 0.25) is 0 Å². The maximum absolute atomic E-state index is 12.8. The number of aryl methyl sites for hydroxylation is 1. The number of nitrogens with zero attached hydrogens (tertiary/aromatic N) is 1. The van der Waals surface area contributed by atoms with Crippen molar-refractivity contribution in [1.82, 2.24) is 0 Å². The molecule has 0 aliphatic carbocycles. The molecular formula is C22H15ClN2O3. The van der Waals surface area contributed by atoms with Crippen LogP contribution in [0.1, 0.15) is 36.6 Å². The number of halogens is 1. The summed E-state index contributed by atoms with van der Waals surface area (Å²) in [4.78, 5) is 39.2. The Morgan fingerprint density at radius 3 is 2.36 bits per heavy atom. The van der Waals surface area contributed by atoms with Gasteiger partial charge in [0, 0.05) is 16.3 Å². The summed E-state index contributed by atoms with van der Waals surface area (Å²) in [6.45, 7) is 1.86. The first kappa shape index (κ1) is 17.9. The normalized spacial score (nSPS) is 12.9. The molecule has 0 fully saturated rings. The Morgan fingerprint density at radius 1 is 0.893 bits per heavy atom. The minimum Gasteiger partial charge on any atom is -0.322 e. The Morgan fingerprint density at radius 2 is 1.61 bits per heavy atom. The minimum absolute atomic E-state index is 0.212. The van der Waals surface area contributed by atoms with Gasteiger partial charge in [0.05, 0.1) is 16.8 Å². The zero-order valence-corrected chi connectivity index (χ0v) is 15.7. The van der Waals surface area contributed by atoms with E-state index >= 15 is 0 Å². The van der Waals surface area contributed by atoms with Gasteiger partial charge in [-0.3, -0.25) is 14.4 Å². The van der Waals surface area contributed by atoms with Crippen molar-refractivity contribution in [2.24, 2.45) is 0 Å². The number of benzene rings is 3. The Kier molecular flexibility index (Phi) is 4.45. The number of amides is 3. The van der Waals surface area contributed by atoms with Crippen LogP contribution < -0.4 is 10.2 Å². The third-order valence-corrected chi connectivity index (χ3v) is 4.85. The van der Waals surface area contributed by atoms with Gasteiger partial charge in [0.15, 0.2) is 0 Å². The quantitative estimate of drug-likeness (QED) is 0.659. The highest BCUT2D eigenvalue weighted by Gasteiger charge is 2.37. The van der Waals surface area contributed by atoms with Gasteiger partial charge in [-0.05, 0) is 55.0 Å². The number of carbonyl (C=O) groups excluding carboxylic acids is 3. The number of rotatable bonds is 3. The van der Waals surface area contributed by atoms with Crippen molar-refractivity contribution in [3.05, 3.63) is 94.0 Å². The molecule has 0 saturated heterocycles. The van der Waals surface area contributed by atoms with Crippen molar-refractivity contribution < 1.29 is 14.4 Å². The van der Waals surface area contributed by atoms with Crippen molar-refractivity contribution in [3.8, 4) is 0 Å². The lowest BCUT2D eigenvalue weighted by Crippen LogP contribution is -2.29. The van der Waals surface area contributed by atoms with Crippen LogP contribution in [0, 0.1) is 6.92 Å². The highest BCUT2D eigenvalue weighted by Crippen LogP contribution is 2.29. The lowest BCUT2D eigenvalue weighted by molar-refractivity contribution is 0.0925. The monoisotopic (exact) mass is 390 g/mol. The molecule has 0 atom stereocenters. The molecule has 138 valence electrons. The fourth-order valence-corrected chi connectivity index (χ4v) is 3.29. The lowest BCUT2D eigenvalue weighted by atomic mass is 10.0. The molecule has 0 unspecified atom stereocenters. The number of para-hydroxylation sites is 1. The molecule has 1 aliphatic rings. The van der Waals surface area contributed by atoms with Gasteiger partial charge in [-0.1, -0.05) is 35.9 Å². The summed E-state index contributed by atoms with van der Waals surface area (Å²) < 4.78 is 0. The second kappa shape index (κ2) is 6.94. The predicted molar refractivity (Wildman–Crippen MR) is 108 cm³/mol. The highest BCUT2D eigenvalue weighted by molar-refractivity contribution is 6.35. The van der Waals surface area contributed by atoms with Gasteiger partial charge < -0.3 is 5.32 Å². The van der Waals surface area contributed by atoms with Gasteiger partial charge in [0.1, 0.15) is 0 Å². The molecular weight excluding hydrogens is 376 g/mol. The third-order valence-electron chi connectivity index (χ3n) is 4.61. The van der Waals surface area contributed by atoms with Crippen molar-refractivity contribution in [2.75, 3.05) is 10.2 Å². The van der Waals surface area contributed by atoms with Crippen molar-refractivity contribution in [3.63, 3.8) is 0 Å². The molecule has 5 nitrogen and oxygen atoms in total. The van der Waals surface area contributed by atoms with Crippen LogP contribution in [-0.2, 0) is 0 Å². The van der Waals surface area contributed by atoms with Gasteiger partial charge >= 0.3 is 0 Å². The summed E-state index contributed by atoms with van der Waals surface area (Å²) in [7, 11) is 0. The summed E-state index contributed by atoms with van der Waals surface area (Å²) in [6, 6.07) is 18.4. The molecule has 0 spiro atoms. The van der Waals surface area contributed by atoms with Gasteiger partial charge in [-0.2, -0.15) is 0 Å². The Balaban J connectivity index is 1.65. The first-order valence-electron chi connectivity index (χ1n) is 8.61. The number of hydrogen-bond acceptors (Lipinski definition) is 3. The molecule has 3 aromatic rings. The fourth-order valence-electron chi connectivity index (χ4n) is 3.12. The van der Waals surface area contributed by atoms with Crippen molar-refractivity contribution >= 4 is 40.7 Å². The largest absolute Gasteiger partial charge is 0.322 e. The minimum atomic E-state index is -0.445. The topological polar surface area (TPSA) is 66.5 Å². The summed E-state index contributed by atoms with van der Waals surface area (Å²) in [6.07, 6.45) is 0. The first-order valence-corrected chi connectivity index (χ1v) is 8.99. The van der Waals surface area contributed by atoms with E-state index in [2.05, 4.69) is 5.32 Å². The van der Waals surface area contributed by atoms with E-state index in [4.69, 9.17) is 11.6 Å². The first-order chi connectivity index (χ1) is 13.5. The fraction of sp³-hybridized carbons (Fsp3) is 0.0455. The van der Waals surface area contributed by atoms with E-state index in [0.717, 1.165) is 10.5 Å². The van der Waals surface area contributed by atoms with E-state index in [1.54, 1.807) is 42.5 Å². The Labute approximate surface area is 166 Å². The number of imide groups is 1. The average molecular weight is 391 g/mol. The van der Waals surface area contributed by atoms with E-state index in [1.807, 2.05) is 13.0 Å². The molecule has 1 N–H and O–H groups in total. The van der Waals surface area contributed by atoms with E-state index in [-0.39, 0.29) is 22.6 Å². The average Bonchev–Trinajstić information content (AvgIpc) is 2.95. The van der Waals surface area contributed by atoms with Crippen LogP contribution >= 0.6 is 11.6 Å². The van der Waals surface area contributed by atoms with Gasteiger partial charge in [0.25, 0.3) is 17.7 Å². The maximum Gasteiger partial charge on any atom is 0.266 e. The SMILES string of the molecule is Cc1ccc(Cl)cc1NC(=O)c1ccc2c(c1)C(=O)N(c1ccccc1)C2=O. The molecule has 0 saturated carbocycles. The predicted octanol–water partition coefficient (Wildman–Crippen LogP) is 4.70. The van der Waals surface area contributed by atoms with Crippen molar-refractivity contribution in [2.45, 2.75) is 6.92 Å². The molecule has 6 heteroatoms. The van der Waals surface area contributed by atoms with Gasteiger partial charge in [-0.15, -0.1) is 0 Å². The number of nitrogens with one attached hydrogen (secondary N) is 1. The lowest BCUT2D eigenvalue weighted by Gasteiger charge is -2.13. The maximum atomic E-state index is 12.8. The van der Waals surface area contributed by atoms with E-state index < -0.39 is 11.8 Å². The summed E-state index contributed by atoms with van der Waals surface area (Å²) in [5.74, 6) is -1.23. The molecule has 3 aromatic carbocycles. The molecule has 0 aromatic heterocycles. The van der Waals surface area contributed by atoms with Crippen molar-refractivity contribution in [1.29, 1.82) is 0 Å². The second-order valence-corrected chi connectivity index (χ2v) is 6.89. The van der Waals surface area contributed by atoms with Gasteiger partial charge in [-0.25, -0.2) is 4.90 Å². The molecule has 1 heterocycles. The van der Waals surface area contributed by atoms with E-state index in [1.165, 1.54) is 18.2 Å². The van der Waals surface area contributed by atoms with Crippen LogP contribution in [-0.4, -0.2) is 17.7 Å². The van der Waals surface area contributed by atoms with Crippen LogP contribution in [0.5, 0.6) is 0 Å². The third kappa shape index (κ3) is 3.06. The number of anilines is 2. The van der Waals surface area contributed by atoms with Crippen LogP contribution in [0.25, 0.3) is 0 Å². The number of carbonyl (C=O) groups is 3. The zero-order chi connectivity index (χ0) is 19.8. The highest BCUT2D eigenvalue weighted by atomic mass is 35.5. The molecule has 1 aliphatic heterocycles. The van der Waals surface area contributed by atoms with Crippen LogP contribution in [0.3, 0.4) is 0 Å². The molecule has 3 amide bonds. The van der Waals surface area contributed by atoms with Crippen LogP contribution in [0.2, 0.25) is 5.02 Å². The number of hydrogen-bond donors (Lipinski definition) is 1. The molecule has 0 bridgehead atoms.